The maximum Gasteiger partial charge on any atom is 0.258 e. The number of amides is 1. The fourth-order valence-corrected chi connectivity index (χ4v) is 2.52. The number of nitrogens with zero attached hydrogens (tertiary/aromatic N) is 1. The van der Waals surface area contributed by atoms with Gasteiger partial charge in [-0.2, -0.15) is 0 Å². The highest BCUT2D eigenvalue weighted by molar-refractivity contribution is 5.97. The van der Waals surface area contributed by atoms with Crippen LogP contribution in [0.25, 0.3) is 0 Å². The Morgan fingerprint density at radius 3 is 2.89 bits per heavy atom. The minimum Gasteiger partial charge on any atom is -0.508 e. The largest absolute Gasteiger partial charge is 0.508 e. The summed E-state index contributed by atoms with van der Waals surface area (Å²) in [5.74, 6) is -0.339. The third-order valence-corrected chi connectivity index (χ3v) is 3.52. The number of hydrogen-bond donors (Lipinski definition) is 3. The number of carbonyl (C=O) groups is 1. The van der Waals surface area contributed by atoms with Gasteiger partial charge in [0.05, 0.1) is 5.56 Å². The van der Waals surface area contributed by atoms with Crippen molar-refractivity contribution in [1.82, 2.24) is 10.2 Å². The number of nitrogens with one attached hydrogen (secondary N) is 1. The fourth-order valence-electron chi connectivity index (χ4n) is 2.52. The zero-order valence-electron chi connectivity index (χ0n) is 11.1. The van der Waals surface area contributed by atoms with Gasteiger partial charge in [-0.25, -0.2) is 0 Å². The number of benzene rings is 1. The number of phenolic OH excluding ortho intramolecular Hbond substituents is 2. The van der Waals surface area contributed by atoms with E-state index in [0.29, 0.717) is 6.54 Å². The van der Waals surface area contributed by atoms with Crippen LogP contribution >= 0.6 is 0 Å². The van der Waals surface area contributed by atoms with E-state index < -0.39 is 0 Å². The molecule has 0 radical (unpaired) electrons. The van der Waals surface area contributed by atoms with Crippen molar-refractivity contribution in [2.45, 2.75) is 25.8 Å². The predicted octanol–water partition coefficient (Wildman–Crippen LogP) is 1.31. The molecule has 1 aromatic rings. The molecule has 5 heteroatoms. The Morgan fingerprint density at radius 2 is 2.26 bits per heavy atom. The molecule has 1 atom stereocenters. The van der Waals surface area contributed by atoms with Crippen LogP contribution < -0.4 is 5.32 Å². The van der Waals surface area contributed by atoms with Gasteiger partial charge in [0, 0.05) is 19.1 Å². The Hall–Kier alpha value is -1.75. The van der Waals surface area contributed by atoms with E-state index in [-0.39, 0.29) is 29.0 Å². The van der Waals surface area contributed by atoms with Gasteiger partial charge < -0.3 is 20.4 Å². The first kappa shape index (κ1) is 13.7. The van der Waals surface area contributed by atoms with Crippen molar-refractivity contribution in [1.29, 1.82) is 0 Å². The Kier molecular flexibility index (Phi) is 4.27. The molecule has 0 aromatic heterocycles. The summed E-state index contributed by atoms with van der Waals surface area (Å²) in [5.41, 5.74) is 0.160. The van der Waals surface area contributed by atoms with Crippen LogP contribution in [0.2, 0.25) is 0 Å². The first-order chi connectivity index (χ1) is 9.13. The van der Waals surface area contributed by atoms with E-state index >= 15 is 0 Å². The maximum atomic E-state index is 12.5. The van der Waals surface area contributed by atoms with Crippen molar-refractivity contribution in [3.05, 3.63) is 23.8 Å². The minimum atomic E-state index is -0.232. The Morgan fingerprint density at radius 1 is 1.47 bits per heavy atom. The summed E-state index contributed by atoms with van der Waals surface area (Å²) in [7, 11) is 0. The molecule has 1 saturated heterocycles. The average molecular weight is 264 g/mol. The zero-order chi connectivity index (χ0) is 13.8. The molecular formula is C14H20N2O3. The third-order valence-electron chi connectivity index (χ3n) is 3.52. The van der Waals surface area contributed by atoms with Crippen LogP contribution in [-0.2, 0) is 0 Å². The molecule has 1 fully saturated rings. The van der Waals surface area contributed by atoms with Crippen LogP contribution in [0, 0.1) is 0 Å². The summed E-state index contributed by atoms with van der Waals surface area (Å²) in [4.78, 5) is 14.2. The second-order valence-corrected chi connectivity index (χ2v) is 4.79. The van der Waals surface area contributed by atoms with E-state index in [0.717, 1.165) is 25.9 Å². The summed E-state index contributed by atoms with van der Waals surface area (Å²) in [6, 6.07) is 4.17. The number of piperidine rings is 1. The molecule has 19 heavy (non-hydrogen) atoms. The van der Waals surface area contributed by atoms with Crippen LogP contribution in [0.5, 0.6) is 11.5 Å². The molecule has 1 aliphatic heterocycles. The summed E-state index contributed by atoms with van der Waals surface area (Å²) in [6.07, 6.45) is 2.01. The average Bonchev–Trinajstić information content (AvgIpc) is 2.43. The van der Waals surface area contributed by atoms with Gasteiger partial charge in [0.25, 0.3) is 5.91 Å². The molecule has 0 saturated carbocycles. The molecular weight excluding hydrogens is 244 g/mol. The molecule has 1 aliphatic rings. The van der Waals surface area contributed by atoms with E-state index in [1.165, 1.54) is 18.2 Å². The molecule has 0 bridgehead atoms. The van der Waals surface area contributed by atoms with Crippen molar-refractivity contribution in [2.24, 2.45) is 0 Å². The topological polar surface area (TPSA) is 72.8 Å². The van der Waals surface area contributed by atoms with Crippen molar-refractivity contribution >= 4 is 5.91 Å². The molecule has 0 spiro atoms. The zero-order valence-corrected chi connectivity index (χ0v) is 11.1. The molecule has 0 aliphatic carbocycles. The predicted molar refractivity (Wildman–Crippen MR) is 72.4 cm³/mol. The van der Waals surface area contributed by atoms with E-state index in [2.05, 4.69) is 5.32 Å². The van der Waals surface area contributed by atoms with Gasteiger partial charge in [0.15, 0.2) is 0 Å². The van der Waals surface area contributed by atoms with Gasteiger partial charge in [0.1, 0.15) is 11.5 Å². The lowest BCUT2D eigenvalue weighted by atomic mass is 10.0. The molecule has 3 N–H and O–H groups in total. The summed E-state index contributed by atoms with van der Waals surface area (Å²) in [5, 5.41) is 22.5. The number of rotatable bonds is 3. The first-order valence-electron chi connectivity index (χ1n) is 6.67. The number of hydrogen-bond acceptors (Lipinski definition) is 4. The van der Waals surface area contributed by atoms with Crippen LogP contribution in [0.3, 0.4) is 0 Å². The van der Waals surface area contributed by atoms with Crippen LogP contribution in [0.1, 0.15) is 30.1 Å². The van der Waals surface area contributed by atoms with Crippen molar-refractivity contribution < 1.29 is 15.0 Å². The Balaban J connectivity index is 2.22. The molecule has 1 aromatic carbocycles. The van der Waals surface area contributed by atoms with E-state index in [1.54, 1.807) is 4.90 Å². The SMILES string of the molecule is CCN(C(=O)c1cc(O)ccc1O)C1CCCNC1. The minimum absolute atomic E-state index is 0.0148. The van der Waals surface area contributed by atoms with Gasteiger partial charge in [-0.3, -0.25) is 4.79 Å². The second kappa shape index (κ2) is 5.93. The van der Waals surface area contributed by atoms with E-state index in [4.69, 9.17) is 0 Å². The van der Waals surface area contributed by atoms with Crippen LogP contribution in [0.4, 0.5) is 0 Å². The van der Waals surface area contributed by atoms with Crippen LogP contribution in [0.15, 0.2) is 18.2 Å². The molecule has 1 heterocycles. The lowest BCUT2D eigenvalue weighted by Gasteiger charge is -2.34. The van der Waals surface area contributed by atoms with Crippen molar-refractivity contribution in [3.8, 4) is 11.5 Å². The fraction of sp³-hybridized carbons (Fsp3) is 0.500. The standard InChI is InChI=1S/C14H20N2O3/c1-2-16(10-4-3-7-15-9-10)14(19)12-8-11(17)5-6-13(12)18/h5-6,8,10,15,17-18H,2-4,7,9H2,1H3. The summed E-state index contributed by atoms with van der Waals surface area (Å²) < 4.78 is 0. The van der Waals surface area contributed by atoms with Crippen molar-refractivity contribution in [2.75, 3.05) is 19.6 Å². The highest BCUT2D eigenvalue weighted by Gasteiger charge is 2.26. The number of phenols is 2. The van der Waals surface area contributed by atoms with Gasteiger partial charge in [-0.05, 0) is 44.5 Å². The highest BCUT2D eigenvalue weighted by Crippen LogP contribution is 2.25. The Bertz CT molecular complexity index is 456. The maximum absolute atomic E-state index is 12.5. The van der Waals surface area contributed by atoms with E-state index in [1.807, 2.05) is 6.92 Å². The van der Waals surface area contributed by atoms with Crippen molar-refractivity contribution in [3.63, 3.8) is 0 Å². The van der Waals surface area contributed by atoms with Gasteiger partial charge in [-0.1, -0.05) is 0 Å². The highest BCUT2D eigenvalue weighted by atomic mass is 16.3. The lowest BCUT2D eigenvalue weighted by Crippen LogP contribution is -2.48. The summed E-state index contributed by atoms with van der Waals surface area (Å²) in [6.45, 7) is 4.27. The quantitative estimate of drug-likeness (QED) is 0.720. The monoisotopic (exact) mass is 264 g/mol. The lowest BCUT2D eigenvalue weighted by molar-refractivity contribution is 0.0658. The number of aromatic hydroxyl groups is 2. The number of carbonyl (C=O) groups excluding carboxylic acids is 1. The molecule has 2 rings (SSSR count). The molecule has 1 unspecified atom stereocenters. The van der Waals surface area contributed by atoms with Gasteiger partial charge in [0.2, 0.25) is 0 Å². The van der Waals surface area contributed by atoms with Gasteiger partial charge >= 0.3 is 0 Å². The normalized spacial score (nSPS) is 19.1. The Labute approximate surface area is 112 Å². The van der Waals surface area contributed by atoms with Gasteiger partial charge in [-0.15, -0.1) is 0 Å². The van der Waals surface area contributed by atoms with Crippen LogP contribution in [-0.4, -0.2) is 46.7 Å². The second-order valence-electron chi connectivity index (χ2n) is 4.79. The molecule has 1 amide bonds. The third kappa shape index (κ3) is 2.98. The summed E-state index contributed by atoms with van der Waals surface area (Å²) >= 11 is 0. The first-order valence-corrected chi connectivity index (χ1v) is 6.67. The smallest absolute Gasteiger partial charge is 0.258 e. The number of likely N-dealkylation sites (N-methyl/N-ethyl adjacent to an activating group) is 1. The van der Waals surface area contributed by atoms with E-state index in [9.17, 15) is 15.0 Å². The molecule has 5 nitrogen and oxygen atoms in total. The molecule has 104 valence electrons.